The number of carbonyl (C=O) groups excluding carboxylic acids is 1. The largest absolute Gasteiger partial charge is 0.379 e. The number of hydrogen-bond acceptors (Lipinski definition) is 4. The lowest BCUT2D eigenvalue weighted by molar-refractivity contribution is -0.121. The van der Waals surface area contributed by atoms with E-state index in [4.69, 9.17) is 10.5 Å². The summed E-state index contributed by atoms with van der Waals surface area (Å²) in [4.78, 5) is 13.4. The first-order chi connectivity index (χ1) is 7.61. The first-order valence-corrected chi connectivity index (χ1v) is 6.87. The summed E-state index contributed by atoms with van der Waals surface area (Å²) in [5.74, 6) is 0.805. The number of ether oxygens (including phenoxy) is 1. The Balaban J connectivity index is 2.11. The molecule has 0 aromatic rings. The van der Waals surface area contributed by atoms with E-state index in [0.29, 0.717) is 5.25 Å². The van der Waals surface area contributed by atoms with E-state index in [2.05, 4.69) is 11.8 Å². The van der Waals surface area contributed by atoms with Crippen molar-refractivity contribution in [1.82, 2.24) is 4.90 Å². The van der Waals surface area contributed by atoms with E-state index in [9.17, 15) is 4.79 Å². The zero-order valence-corrected chi connectivity index (χ0v) is 11.0. The van der Waals surface area contributed by atoms with Gasteiger partial charge in [-0.15, -0.1) is 0 Å². The van der Waals surface area contributed by atoms with Crippen molar-refractivity contribution in [3.63, 3.8) is 0 Å². The molecule has 5 heteroatoms. The molecule has 1 saturated heterocycles. The van der Waals surface area contributed by atoms with Crippen LogP contribution in [0.3, 0.4) is 0 Å². The van der Waals surface area contributed by atoms with E-state index in [0.717, 1.165) is 38.6 Å². The van der Waals surface area contributed by atoms with Gasteiger partial charge in [-0.2, -0.15) is 11.8 Å². The minimum atomic E-state index is -0.202. The molecule has 1 rings (SSSR count). The van der Waals surface area contributed by atoms with Crippen LogP contribution in [0.5, 0.6) is 0 Å². The normalized spacial score (nSPS) is 21.6. The molecule has 1 heterocycles. The van der Waals surface area contributed by atoms with Gasteiger partial charge in [-0.05, 0) is 0 Å². The van der Waals surface area contributed by atoms with E-state index < -0.39 is 0 Å². The smallest absolute Gasteiger partial charge is 0.221 e. The highest BCUT2D eigenvalue weighted by Gasteiger charge is 2.18. The lowest BCUT2D eigenvalue weighted by Gasteiger charge is -2.27. The number of rotatable bonds is 6. The Morgan fingerprint density at radius 2 is 2.06 bits per heavy atom. The number of carbonyl (C=O) groups is 1. The standard InChI is InChI=1S/C11H22N2O2S/c1-9(11(12)14)10(2)16-8-5-13-3-6-15-7-4-13/h9-10H,3-8H2,1-2H3,(H2,12,14). The van der Waals surface area contributed by atoms with Gasteiger partial charge in [0.15, 0.2) is 0 Å². The molecule has 1 aliphatic heterocycles. The Kier molecular flexibility index (Phi) is 6.16. The van der Waals surface area contributed by atoms with Crippen LogP contribution < -0.4 is 5.73 Å². The summed E-state index contributed by atoms with van der Waals surface area (Å²) in [7, 11) is 0. The fraction of sp³-hybridized carbons (Fsp3) is 0.909. The van der Waals surface area contributed by atoms with E-state index >= 15 is 0 Å². The number of thioether (sulfide) groups is 1. The van der Waals surface area contributed by atoms with Gasteiger partial charge in [0, 0.05) is 36.6 Å². The fourth-order valence-electron chi connectivity index (χ4n) is 1.57. The molecule has 16 heavy (non-hydrogen) atoms. The maximum absolute atomic E-state index is 11.0. The van der Waals surface area contributed by atoms with Crippen LogP contribution in [0.1, 0.15) is 13.8 Å². The van der Waals surface area contributed by atoms with E-state index in [1.807, 2.05) is 18.7 Å². The predicted molar refractivity (Wildman–Crippen MR) is 67.5 cm³/mol. The van der Waals surface area contributed by atoms with Crippen LogP contribution in [0.2, 0.25) is 0 Å². The maximum Gasteiger partial charge on any atom is 0.221 e. The maximum atomic E-state index is 11.0. The Bertz CT molecular complexity index is 220. The first-order valence-electron chi connectivity index (χ1n) is 5.82. The lowest BCUT2D eigenvalue weighted by Crippen LogP contribution is -2.38. The van der Waals surface area contributed by atoms with Crippen molar-refractivity contribution < 1.29 is 9.53 Å². The second kappa shape index (κ2) is 7.14. The Labute approximate surface area is 102 Å². The number of hydrogen-bond donors (Lipinski definition) is 1. The van der Waals surface area contributed by atoms with Gasteiger partial charge in [0.1, 0.15) is 0 Å². The van der Waals surface area contributed by atoms with Crippen LogP contribution in [0.4, 0.5) is 0 Å². The number of amides is 1. The van der Waals surface area contributed by atoms with Crippen LogP contribution in [0.15, 0.2) is 0 Å². The third-order valence-corrected chi connectivity index (χ3v) is 4.40. The fourth-order valence-corrected chi connectivity index (χ4v) is 2.73. The average molecular weight is 246 g/mol. The SMILES string of the molecule is CC(SCCN1CCOCC1)C(C)C(N)=O. The molecule has 1 aliphatic rings. The predicted octanol–water partition coefficient (Wildman–Crippen LogP) is 0.562. The van der Waals surface area contributed by atoms with Gasteiger partial charge in [0.25, 0.3) is 0 Å². The zero-order chi connectivity index (χ0) is 12.0. The number of nitrogens with two attached hydrogens (primary N) is 1. The van der Waals surface area contributed by atoms with Crippen molar-refractivity contribution >= 4 is 17.7 Å². The van der Waals surface area contributed by atoms with Gasteiger partial charge < -0.3 is 10.5 Å². The Morgan fingerprint density at radius 1 is 1.44 bits per heavy atom. The molecule has 0 saturated carbocycles. The van der Waals surface area contributed by atoms with Crippen LogP contribution in [-0.2, 0) is 9.53 Å². The van der Waals surface area contributed by atoms with E-state index in [1.54, 1.807) is 0 Å². The third kappa shape index (κ3) is 4.72. The lowest BCUT2D eigenvalue weighted by atomic mass is 10.1. The zero-order valence-electron chi connectivity index (χ0n) is 10.1. The molecule has 0 aromatic heterocycles. The van der Waals surface area contributed by atoms with Crippen molar-refractivity contribution in [2.75, 3.05) is 38.6 Å². The molecule has 94 valence electrons. The number of nitrogens with zero attached hydrogens (tertiary/aromatic N) is 1. The molecular weight excluding hydrogens is 224 g/mol. The number of morpholine rings is 1. The highest BCUT2D eigenvalue weighted by atomic mass is 32.2. The first kappa shape index (κ1) is 13.8. The van der Waals surface area contributed by atoms with Crippen molar-refractivity contribution in [2.45, 2.75) is 19.1 Å². The summed E-state index contributed by atoms with van der Waals surface area (Å²) in [5.41, 5.74) is 5.27. The molecular formula is C11H22N2O2S. The molecule has 2 N–H and O–H groups in total. The highest BCUT2D eigenvalue weighted by molar-refractivity contribution is 7.99. The molecule has 1 fully saturated rings. The van der Waals surface area contributed by atoms with Crippen molar-refractivity contribution in [3.8, 4) is 0 Å². The molecule has 0 spiro atoms. The van der Waals surface area contributed by atoms with Crippen LogP contribution in [0.25, 0.3) is 0 Å². The Morgan fingerprint density at radius 3 is 2.62 bits per heavy atom. The monoisotopic (exact) mass is 246 g/mol. The van der Waals surface area contributed by atoms with Gasteiger partial charge in [0.2, 0.25) is 5.91 Å². The van der Waals surface area contributed by atoms with Crippen molar-refractivity contribution in [1.29, 1.82) is 0 Å². The molecule has 0 bridgehead atoms. The molecule has 0 radical (unpaired) electrons. The van der Waals surface area contributed by atoms with E-state index in [-0.39, 0.29) is 11.8 Å². The average Bonchev–Trinajstić information content (AvgIpc) is 2.29. The summed E-state index contributed by atoms with van der Waals surface area (Å²) < 4.78 is 5.29. The second-order valence-corrected chi connectivity index (χ2v) is 5.71. The molecule has 2 unspecified atom stereocenters. The number of primary amides is 1. The minimum absolute atomic E-state index is 0.0466. The topological polar surface area (TPSA) is 55.6 Å². The Hall–Kier alpha value is -0.260. The van der Waals surface area contributed by atoms with Crippen LogP contribution in [0, 0.1) is 5.92 Å². The summed E-state index contributed by atoms with van der Waals surface area (Å²) in [6.45, 7) is 8.79. The van der Waals surface area contributed by atoms with Crippen molar-refractivity contribution in [2.24, 2.45) is 11.7 Å². The molecule has 2 atom stereocenters. The third-order valence-electron chi connectivity index (χ3n) is 3.04. The summed E-state index contributed by atoms with van der Waals surface area (Å²) >= 11 is 1.82. The van der Waals surface area contributed by atoms with Gasteiger partial charge in [-0.3, -0.25) is 9.69 Å². The molecule has 0 aromatic carbocycles. The van der Waals surface area contributed by atoms with E-state index in [1.165, 1.54) is 0 Å². The molecule has 1 amide bonds. The van der Waals surface area contributed by atoms with Gasteiger partial charge in [-0.25, -0.2) is 0 Å². The van der Waals surface area contributed by atoms with Gasteiger partial charge >= 0.3 is 0 Å². The molecule has 0 aliphatic carbocycles. The van der Waals surface area contributed by atoms with Crippen LogP contribution >= 0.6 is 11.8 Å². The molecule has 4 nitrogen and oxygen atoms in total. The minimum Gasteiger partial charge on any atom is -0.379 e. The van der Waals surface area contributed by atoms with Gasteiger partial charge in [-0.1, -0.05) is 13.8 Å². The second-order valence-electron chi connectivity index (χ2n) is 4.22. The van der Waals surface area contributed by atoms with Crippen LogP contribution in [-0.4, -0.2) is 54.7 Å². The summed E-state index contributed by atoms with van der Waals surface area (Å²) in [5, 5.41) is 0.304. The quantitative estimate of drug-likeness (QED) is 0.744. The summed E-state index contributed by atoms with van der Waals surface area (Å²) in [6, 6.07) is 0. The van der Waals surface area contributed by atoms with Crippen molar-refractivity contribution in [3.05, 3.63) is 0 Å². The highest BCUT2D eigenvalue weighted by Crippen LogP contribution is 2.19. The summed E-state index contributed by atoms with van der Waals surface area (Å²) in [6.07, 6.45) is 0. The van der Waals surface area contributed by atoms with Gasteiger partial charge in [0.05, 0.1) is 13.2 Å².